The van der Waals surface area contributed by atoms with Gasteiger partial charge in [0, 0.05) is 35.8 Å². The second-order valence-corrected chi connectivity index (χ2v) is 7.43. The van der Waals surface area contributed by atoms with Crippen molar-refractivity contribution in [2.45, 2.75) is 26.2 Å². The van der Waals surface area contributed by atoms with E-state index in [2.05, 4.69) is 39.3 Å². The van der Waals surface area contributed by atoms with Crippen LogP contribution in [0.2, 0.25) is 0 Å². The smallest absolute Gasteiger partial charge is 0.427 e. The maximum absolute atomic E-state index is 13.1. The molecule has 1 aromatic heterocycles. The number of aromatic amines is 1. The maximum atomic E-state index is 13.1. The molecule has 7 nitrogen and oxygen atoms in total. The van der Waals surface area contributed by atoms with Crippen LogP contribution in [-0.4, -0.2) is 47.8 Å². The van der Waals surface area contributed by atoms with Gasteiger partial charge in [0.1, 0.15) is 0 Å². The summed E-state index contributed by atoms with van der Waals surface area (Å²) in [5.74, 6) is 0.107. The first-order valence-electron chi connectivity index (χ1n) is 9.51. The van der Waals surface area contributed by atoms with Crippen LogP contribution in [0.4, 0.5) is 4.79 Å². The molecule has 2 N–H and O–H groups in total. The minimum Gasteiger partial charge on any atom is -0.452 e. The molecule has 1 unspecified atom stereocenters. The topological polar surface area (TPSA) is 86.8 Å². The van der Waals surface area contributed by atoms with Crippen molar-refractivity contribution in [3.8, 4) is 0 Å². The highest BCUT2D eigenvalue weighted by Gasteiger charge is 2.37. The van der Waals surface area contributed by atoms with Gasteiger partial charge in [-0.3, -0.25) is 4.79 Å². The van der Waals surface area contributed by atoms with Gasteiger partial charge in [-0.2, -0.15) is 5.10 Å². The van der Waals surface area contributed by atoms with Gasteiger partial charge in [0.2, 0.25) is 5.91 Å². The molecule has 0 aliphatic carbocycles. The zero-order chi connectivity index (χ0) is 19.7. The van der Waals surface area contributed by atoms with Crippen molar-refractivity contribution in [1.29, 1.82) is 0 Å². The summed E-state index contributed by atoms with van der Waals surface area (Å²) >= 11 is 0. The van der Waals surface area contributed by atoms with Gasteiger partial charge in [-0.05, 0) is 18.1 Å². The molecule has 1 atom stereocenters. The van der Waals surface area contributed by atoms with E-state index >= 15 is 0 Å². The van der Waals surface area contributed by atoms with Gasteiger partial charge in [-0.15, -0.1) is 0 Å². The van der Waals surface area contributed by atoms with Crippen molar-refractivity contribution in [3.63, 3.8) is 0 Å². The van der Waals surface area contributed by atoms with Crippen molar-refractivity contribution >= 4 is 28.6 Å². The van der Waals surface area contributed by atoms with Crippen molar-refractivity contribution in [1.82, 2.24) is 15.3 Å². The number of hydrazone groups is 1. The minimum absolute atomic E-state index is 0.107. The zero-order valence-corrected chi connectivity index (χ0v) is 16.1. The summed E-state index contributed by atoms with van der Waals surface area (Å²) in [7, 11) is 1.31. The third kappa shape index (κ3) is 3.17. The summed E-state index contributed by atoms with van der Waals surface area (Å²) in [5, 5.41) is 5.40. The summed E-state index contributed by atoms with van der Waals surface area (Å²) in [6, 6.07) is 7.92. The summed E-state index contributed by atoms with van der Waals surface area (Å²) in [4.78, 5) is 30.1. The molecular weight excluding hydrogens is 356 g/mol. The molecule has 2 aromatic rings. The third-order valence-electron chi connectivity index (χ3n) is 5.78. The normalized spacial score (nSPS) is 23.1. The van der Waals surface area contributed by atoms with Crippen LogP contribution < -0.4 is 5.43 Å². The predicted molar refractivity (Wildman–Crippen MR) is 107 cm³/mol. The van der Waals surface area contributed by atoms with Crippen LogP contribution in [0.3, 0.4) is 0 Å². The summed E-state index contributed by atoms with van der Waals surface area (Å²) in [6.45, 7) is 3.40. The number of nitrogens with zero attached hydrogens (tertiary/aromatic N) is 2. The Hall–Kier alpha value is -3.09. The van der Waals surface area contributed by atoms with Crippen molar-refractivity contribution in [2.24, 2.45) is 10.5 Å². The van der Waals surface area contributed by atoms with E-state index in [1.807, 2.05) is 29.2 Å². The number of para-hydroxylation sites is 1. The molecule has 2 aliphatic heterocycles. The van der Waals surface area contributed by atoms with E-state index < -0.39 is 6.09 Å². The fourth-order valence-electron chi connectivity index (χ4n) is 4.16. The average Bonchev–Trinajstić information content (AvgIpc) is 3.09. The summed E-state index contributed by atoms with van der Waals surface area (Å²) < 4.78 is 4.68. The Morgan fingerprint density at radius 3 is 3.00 bits per heavy atom. The molecule has 4 rings (SSSR count). The number of amides is 2. The van der Waals surface area contributed by atoms with E-state index in [0.29, 0.717) is 25.9 Å². The number of fused-ring (bicyclic) bond motifs is 5. The fourth-order valence-corrected chi connectivity index (χ4v) is 4.16. The number of carbonyl (C=O) groups is 2. The number of rotatable bonds is 2. The van der Waals surface area contributed by atoms with Gasteiger partial charge >= 0.3 is 6.09 Å². The van der Waals surface area contributed by atoms with E-state index in [1.54, 1.807) is 0 Å². The highest BCUT2D eigenvalue weighted by Crippen LogP contribution is 2.37. The third-order valence-corrected chi connectivity index (χ3v) is 5.78. The molecule has 28 heavy (non-hydrogen) atoms. The zero-order valence-electron chi connectivity index (χ0n) is 16.1. The number of carbonyl (C=O) groups excluding carboxylic acids is 2. The van der Waals surface area contributed by atoms with Gasteiger partial charge in [-0.1, -0.05) is 37.3 Å². The molecular formula is C21H24N4O3. The van der Waals surface area contributed by atoms with Crippen LogP contribution >= 0.6 is 0 Å². The van der Waals surface area contributed by atoms with Gasteiger partial charge in [0.25, 0.3) is 0 Å². The van der Waals surface area contributed by atoms with E-state index in [-0.39, 0.29) is 11.3 Å². The van der Waals surface area contributed by atoms with Crippen LogP contribution in [0, 0.1) is 5.41 Å². The molecule has 2 bridgehead atoms. The number of aromatic nitrogens is 1. The van der Waals surface area contributed by atoms with E-state index in [0.717, 1.165) is 34.3 Å². The minimum atomic E-state index is -0.618. The first kappa shape index (κ1) is 18.3. The first-order chi connectivity index (χ1) is 13.5. The van der Waals surface area contributed by atoms with Gasteiger partial charge in [-0.25, -0.2) is 10.2 Å². The molecule has 2 amide bonds. The van der Waals surface area contributed by atoms with E-state index in [4.69, 9.17) is 0 Å². The first-order valence-corrected chi connectivity index (χ1v) is 9.51. The van der Waals surface area contributed by atoms with Crippen LogP contribution in [0.5, 0.6) is 0 Å². The Labute approximate surface area is 163 Å². The Morgan fingerprint density at radius 1 is 1.39 bits per heavy atom. The second kappa shape index (κ2) is 7.14. The lowest BCUT2D eigenvalue weighted by Gasteiger charge is -2.38. The molecule has 146 valence electrons. The van der Waals surface area contributed by atoms with Crippen LogP contribution in [0.15, 0.2) is 41.5 Å². The standard InChI is InChI=1S/C21H24N4O3/c1-3-21-9-6-10-25(13-21)18(26)11-15-14-7-4-5-8-16(14)22-19(15)17(12-21)23-24-20(27)28-2/h4-9,22H,3,10-13H2,1-2H3,(H,24,27). The van der Waals surface area contributed by atoms with Crippen LogP contribution in [0.25, 0.3) is 10.9 Å². The highest BCUT2D eigenvalue weighted by molar-refractivity contribution is 6.07. The molecule has 7 heteroatoms. The molecule has 0 saturated heterocycles. The summed E-state index contributed by atoms with van der Waals surface area (Å²) in [6.07, 6.45) is 5.40. The molecule has 0 spiro atoms. The number of methoxy groups -OCH3 is 1. The molecule has 1 aromatic carbocycles. The molecule has 2 aliphatic rings. The SMILES string of the molecule is CCC12C=CCN(C1)C(=O)Cc1c([nH]c3ccccc13)C(=NNC(=O)OC)C2. The van der Waals surface area contributed by atoms with Gasteiger partial charge in [0.15, 0.2) is 0 Å². The van der Waals surface area contributed by atoms with E-state index in [1.165, 1.54) is 7.11 Å². The Kier molecular flexibility index (Phi) is 4.66. The molecule has 3 heterocycles. The van der Waals surface area contributed by atoms with Crippen molar-refractivity contribution in [3.05, 3.63) is 47.7 Å². The average molecular weight is 380 g/mol. The van der Waals surface area contributed by atoms with Crippen LogP contribution in [-0.2, 0) is 16.0 Å². The molecule has 0 saturated carbocycles. The maximum Gasteiger partial charge on any atom is 0.427 e. The van der Waals surface area contributed by atoms with Crippen molar-refractivity contribution < 1.29 is 14.3 Å². The molecule has 0 radical (unpaired) electrons. The van der Waals surface area contributed by atoms with Crippen LogP contribution in [0.1, 0.15) is 31.0 Å². The number of H-pyrrole nitrogens is 1. The van der Waals surface area contributed by atoms with Gasteiger partial charge in [0.05, 0.1) is 24.9 Å². The number of hydrogen-bond acceptors (Lipinski definition) is 4. The Bertz CT molecular complexity index is 991. The lowest BCUT2D eigenvalue weighted by atomic mass is 9.77. The summed E-state index contributed by atoms with van der Waals surface area (Å²) in [5.41, 5.74) is 5.65. The number of ether oxygens (including phenoxy) is 1. The Morgan fingerprint density at radius 2 is 2.21 bits per heavy atom. The lowest BCUT2D eigenvalue weighted by Crippen LogP contribution is -2.44. The number of nitrogens with one attached hydrogen (secondary N) is 2. The van der Waals surface area contributed by atoms with Crippen molar-refractivity contribution in [2.75, 3.05) is 20.2 Å². The lowest BCUT2D eigenvalue weighted by molar-refractivity contribution is -0.131. The monoisotopic (exact) mass is 380 g/mol. The largest absolute Gasteiger partial charge is 0.452 e. The quantitative estimate of drug-likeness (QED) is 0.620. The van der Waals surface area contributed by atoms with E-state index in [9.17, 15) is 9.59 Å². The number of hydrogen-bond donors (Lipinski definition) is 2. The second-order valence-electron chi connectivity index (χ2n) is 7.43. The fraction of sp³-hybridized carbons (Fsp3) is 0.381. The van der Waals surface area contributed by atoms with Gasteiger partial charge < -0.3 is 14.6 Å². The predicted octanol–water partition coefficient (Wildman–Crippen LogP) is 2.97. The Balaban J connectivity index is 1.90. The highest BCUT2D eigenvalue weighted by atomic mass is 16.5. The number of benzene rings is 1. The molecule has 0 fully saturated rings.